The van der Waals surface area contributed by atoms with E-state index in [2.05, 4.69) is 9.97 Å². The average molecular weight is 591 g/mol. The highest BCUT2D eigenvalue weighted by Gasteiger charge is 2.51. The van der Waals surface area contributed by atoms with Gasteiger partial charge in [-0.2, -0.15) is 4.98 Å². The van der Waals surface area contributed by atoms with Crippen LogP contribution in [0.1, 0.15) is 31.2 Å². The minimum Gasteiger partial charge on any atom is -0.258 e. The molecule has 0 amide bonds. The lowest BCUT2D eigenvalue weighted by atomic mass is 10.1. The van der Waals surface area contributed by atoms with Gasteiger partial charge in [-0.15, -0.1) is 0 Å². The van der Waals surface area contributed by atoms with E-state index in [1.807, 2.05) is 19.1 Å². The fourth-order valence-corrected chi connectivity index (χ4v) is 7.06. The van der Waals surface area contributed by atoms with E-state index in [9.17, 15) is 27.3 Å². The number of thioether (sulfide) groups is 1. The van der Waals surface area contributed by atoms with E-state index in [-0.39, 0.29) is 16.5 Å². The fourth-order valence-electron chi connectivity index (χ4n) is 4.40. The van der Waals surface area contributed by atoms with E-state index < -0.39 is 55.2 Å². The van der Waals surface area contributed by atoms with Crippen LogP contribution < -0.4 is 4.31 Å². The Labute approximate surface area is 232 Å². The maximum absolute atomic E-state index is 14.2. The van der Waals surface area contributed by atoms with Crippen molar-refractivity contribution >= 4 is 55.7 Å². The highest BCUT2D eigenvalue weighted by atomic mass is 35.5. The average Bonchev–Trinajstić information content (AvgIpc) is 3.68. The SMILES string of the molecule is CCCSc1nc(Cl)c([N+](=O)[O-])c(N([C@@H]2C[C@H]2c2ccc(F)c(F)c2)S(=O)(=O)c2ccc3ccccc3c2)n1. The third kappa shape index (κ3) is 5.28. The number of benzene rings is 3. The van der Waals surface area contributed by atoms with Crippen molar-refractivity contribution in [1.82, 2.24) is 9.97 Å². The molecule has 0 unspecified atom stereocenters. The largest absolute Gasteiger partial charge is 0.349 e. The Morgan fingerprint density at radius 3 is 2.51 bits per heavy atom. The normalized spacial score (nSPS) is 16.8. The second-order valence-electron chi connectivity index (χ2n) is 8.97. The first-order chi connectivity index (χ1) is 18.6. The summed E-state index contributed by atoms with van der Waals surface area (Å²) in [6.45, 7) is 1.92. The monoisotopic (exact) mass is 590 g/mol. The molecule has 0 radical (unpaired) electrons. The van der Waals surface area contributed by atoms with Gasteiger partial charge in [0.05, 0.1) is 15.9 Å². The minimum atomic E-state index is -4.45. The summed E-state index contributed by atoms with van der Waals surface area (Å²) in [4.78, 5) is 19.5. The standard InChI is InChI=1S/C26H21ClF2N4O4S2/c1-2-11-38-26-30-24(27)23(33(34)35)25(31-26)32(22-14-19(22)17-8-10-20(28)21(29)13-17)39(36,37)18-9-7-15-5-3-4-6-16(15)12-18/h3-10,12-13,19,22H,2,11,14H2,1H3/t19-,22+/m0/s1. The van der Waals surface area contributed by atoms with Crippen LogP contribution in [-0.2, 0) is 10.0 Å². The van der Waals surface area contributed by atoms with E-state index in [0.29, 0.717) is 16.7 Å². The van der Waals surface area contributed by atoms with Crippen molar-refractivity contribution in [3.05, 3.63) is 93.1 Å². The summed E-state index contributed by atoms with van der Waals surface area (Å²) >= 11 is 7.41. The predicted octanol–water partition coefficient (Wildman–Crippen LogP) is 6.72. The zero-order valence-electron chi connectivity index (χ0n) is 20.4. The number of anilines is 1. The maximum atomic E-state index is 14.2. The number of aromatic nitrogens is 2. The van der Waals surface area contributed by atoms with Crippen LogP contribution in [-0.4, -0.2) is 35.1 Å². The lowest BCUT2D eigenvalue weighted by Crippen LogP contribution is -2.35. The molecule has 1 aliphatic rings. The Morgan fingerprint density at radius 2 is 1.82 bits per heavy atom. The second-order valence-corrected chi connectivity index (χ2v) is 12.2. The molecule has 2 atom stereocenters. The van der Waals surface area contributed by atoms with E-state index in [0.717, 1.165) is 28.2 Å². The van der Waals surface area contributed by atoms with Gasteiger partial charge < -0.3 is 0 Å². The van der Waals surface area contributed by atoms with Gasteiger partial charge in [0.1, 0.15) is 0 Å². The van der Waals surface area contributed by atoms with Crippen molar-refractivity contribution in [2.45, 2.75) is 41.8 Å². The molecule has 0 saturated heterocycles. The van der Waals surface area contributed by atoms with Crippen LogP contribution >= 0.6 is 23.4 Å². The van der Waals surface area contributed by atoms with Crippen LogP contribution in [0.25, 0.3) is 10.8 Å². The molecule has 5 rings (SSSR count). The lowest BCUT2D eigenvalue weighted by Gasteiger charge is -2.24. The van der Waals surface area contributed by atoms with Gasteiger partial charge >= 0.3 is 5.69 Å². The molecule has 1 fully saturated rings. The first-order valence-electron chi connectivity index (χ1n) is 11.9. The summed E-state index contributed by atoms with van der Waals surface area (Å²) in [7, 11) is -4.45. The zero-order chi connectivity index (χ0) is 27.9. The summed E-state index contributed by atoms with van der Waals surface area (Å²) in [6, 6.07) is 14.2. The third-order valence-electron chi connectivity index (χ3n) is 6.34. The van der Waals surface area contributed by atoms with Gasteiger partial charge in [-0.25, -0.2) is 26.5 Å². The van der Waals surface area contributed by atoms with Gasteiger partial charge in [-0.3, -0.25) is 10.1 Å². The molecular weight excluding hydrogens is 570 g/mol. The number of nitro groups is 1. The van der Waals surface area contributed by atoms with Crippen molar-refractivity contribution < 1.29 is 22.1 Å². The van der Waals surface area contributed by atoms with Gasteiger partial charge in [0.15, 0.2) is 16.8 Å². The number of fused-ring (bicyclic) bond motifs is 1. The summed E-state index contributed by atoms with van der Waals surface area (Å²) in [5, 5.41) is 13.2. The quantitative estimate of drug-likeness (QED) is 0.0700. The van der Waals surface area contributed by atoms with Crippen molar-refractivity contribution in [3.8, 4) is 0 Å². The molecule has 3 aromatic carbocycles. The molecule has 4 aromatic rings. The van der Waals surface area contributed by atoms with E-state index in [1.54, 1.807) is 18.2 Å². The summed E-state index contributed by atoms with van der Waals surface area (Å²) in [6.07, 6.45) is 0.950. The molecule has 1 saturated carbocycles. The van der Waals surface area contributed by atoms with Crippen LogP contribution in [0.3, 0.4) is 0 Å². The Kier molecular flexibility index (Phi) is 7.45. The molecule has 1 aromatic heterocycles. The Bertz CT molecular complexity index is 1710. The number of rotatable bonds is 9. The van der Waals surface area contributed by atoms with Crippen LogP contribution in [0.5, 0.6) is 0 Å². The summed E-state index contributed by atoms with van der Waals surface area (Å²) in [5.74, 6) is -2.56. The van der Waals surface area contributed by atoms with Gasteiger partial charge in [0.2, 0.25) is 11.0 Å². The van der Waals surface area contributed by atoms with Crippen LogP contribution in [0.2, 0.25) is 5.15 Å². The van der Waals surface area contributed by atoms with Gasteiger partial charge in [-0.05, 0) is 53.4 Å². The summed E-state index contributed by atoms with van der Waals surface area (Å²) < 4.78 is 57.0. The molecule has 13 heteroatoms. The van der Waals surface area contributed by atoms with Crippen molar-refractivity contribution in [2.24, 2.45) is 0 Å². The predicted molar refractivity (Wildman–Crippen MR) is 146 cm³/mol. The molecule has 8 nitrogen and oxygen atoms in total. The van der Waals surface area contributed by atoms with Crippen LogP contribution in [0.4, 0.5) is 20.3 Å². The molecule has 1 aliphatic carbocycles. The fraction of sp³-hybridized carbons (Fsp3) is 0.231. The van der Waals surface area contributed by atoms with Gasteiger partial charge in [0, 0.05) is 11.7 Å². The zero-order valence-corrected chi connectivity index (χ0v) is 22.8. The smallest absolute Gasteiger partial charge is 0.258 e. The topological polar surface area (TPSA) is 106 Å². The first kappa shape index (κ1) is 27.2. The highest BCUT2D eigenvalue weighted by Crippen LogP contribution is 2.50. The van der Waals surface area contributed by atoms with Crippen molar-refractivity contribution in [3.63, 3.8) is 0 Å². The molecule has 0 bridgehead atoms. The number of sulfonamides is 1. The maximum Gasteiger partial charge on any atom is 0.349 e. The number of halogens is 3. The van der Waals surface area contributed by atoms with E-state index in [4.69, 9.17) is 11.6 Å². The minimum absolute atomic E-state index is 0.0891. The highest BCUT2D eigenvalue weighted by molar-refractivity contribution is 7.99. The first-order valence-corrected chi connectivity index (χ1v) is 14.7. The molecule has 0 spiro atoms. The molecule has 202 valence electrons. The Morgan fingerprint density at radius 1 is 1.08 bits per heavy atom. The van der Waals surface area contributed by atoms with Crippen LogP contribution in [0.15, 0.2) is 70.7 Å². The second kappa shape index (κ2) is 10.7. The summed E-state index contributed by atoms with van der Waals surface area (Å²) in [5.41, 5.74) is -0.390. The molecule has 0 N–H and O–H groups in total. The van der Waals surface area contributed by atoms with E-state index >= 15 is 0 Å². The number of hydrogen-bond donors (Lipinski definition) is 0. The third-order valence-corrected chi connectivity index (χ3v) is 9.46. The molecule has 39 heavy (non-hydrogen) atoms. The number of nitrogens with zero attached hydrogens (tertiary/aromatic N) is 4. The number of hydrogen-bond acceptors (Lipinski definition) is 7. The van der Waals surface area contributed by atoms with E-state index in [1.165, 1.54) is 30.0 Å². The van der Waals surface area contributed by atoms with Crippen molar-refractivity contribution in [1.29, 1.82) is 0 Å². The molecule has 1 heterocycles. The van der Waals surface area contributed by atoms with Crippen molar-refractivity contribution in [2.75, 3.05) is 10.1 Å². The van der Waals surface area contributed by atoms with Gasteiger partial charge in [-0.1, -0.05) is 66.7 Å². The Hall–Kier alpha value is -3.35. The van der Waals surface area contributed by atoms with Gasteiger partial charge in [0.25, 0.3) is 10.0 Å². The lowest BCUT2D eigenvalue weighted by molar-refractivity contribution is -0.384. The molecule has 0 aliphatic heterocycles. The molecular formula is C26H21ClF2N4O4S2. The Balaban J connectivity index is 1.69. The van der Waals surface area contributed by atoms with Crippen LogP contribution in [0, 0.1) is 21.7 Å².